The predicted molar refractivity (Wildman–Crippen MR) is 102 cm³/mol. The Bertz CT molecular complexity index is 654. The average Bonchev–Trinajstić information content (AvgIpc) is 2.91. The molecule has 126 valence electrons. The summed E-state index contributed by atoms with van der Waals surface area (Å²) in [6.07, 6.45) is 3.83. The molecule has 1 aromatic heterocycles. The molecule has 7 heteroatoms. The number of aryl methyl sites for hydroxylation is 2. The number of aliphatic imine (C=N–C) groups is 1. The SMILES string of the molecule is CN=C(NCCn1cc(C)cn1)NCc1ccc(C)c(F)c1.I. The van der Waals surface area contributed by atoms with Gasteiger partial charge in [0, 0.05) is 26.3 Å². The lowest BCUT2D eigenvalue weighted by Crippen LogP contribution is -2.38. The second-order valence-corrected chi connectivity index (χ2v) is 5.22. The summed E-state index contributed by atoms with van der Waals surface area (Å²) in [6, 6.07) is 5.23. The molecule has 0 fully saturated rings. The Morgan fingerprint density at radius 3 is 2.70 bits per heavy atom. The van der Waals surface area contributed by atoms with Crippen molar-refractivity contribution in [1.29, 1.82) is 0 Å². The van der Waals surface area contributed by atoms with E-state index >= 15 is 0 Å². The number of nitrogens with one attached hydrogen (secondary N) is 2. The van der Waals surface area contributed by atoms with Crippen LogP contribution in [0.4, 0.5) is 4.39 Å². The minimum absolute atomic E-state index is 0. The standard InChI is InChI=1S/C16H22FN5.HI/c1-12-9-21-22(11-12)7-6-19-16(18-3)20-10-14-5-4-13(2)15(17)8-14;/h4-5,8-9,11H,6-7,10H2,1-3H3,(H2,18,19,20);1H. The van der Waals surface area contributed by atoms with Crippen LogP contribution in [0.25, 0.3) is 0 Å². The maximum absolute atomic E-state index is 13.5. The Morgan fingerprint density at radius 2 is 2.09 bits per heavy atom. The predicted octanol–water partition coefficient (Wildman–Crippen LogP) is 2.62. The lowest BCUT2D eigenvalue weighted by molar-refractivity contribution is 0.596. The van der Waals surface area contributed by atoms with Gasteiger partial charge in [-0.15, -0.1) is 24.0 Å². The highest BCUT2D eigenvalue weighted by molar-refractivity contribution is 14.0. The van der Waals surface area contributed by atoms with Crippen LogP contribution in [-0.4, -0.2) is 29.3 Å². The third-order valence-corrected chi connectivity index (χ3v) is 3.32. The molecule has 0 aliphatic carbocycles. The van der Waals surface area contributed by atoms with Crippen molar-refractivity contribution in [1.82, 2.24) is 20.4 Å². The molecular weight excluding hydrogens is 408 g/mol. The highest BCUT2D eigenvalue weighted by Crippen LogP contribution is 2.08. The van der Waals surface area contributed by atoms with Gasteiger partial charge in [0.05, 0.1) is 12.7 Å². The zero-order chi connectivity index (χ0) is 15.9. The van der Waals surface area contributed by atoms with Crippen molar-refractivity contribution in [3.63, 3.8) is 0 Å². The van der Waals surface area contributed by atoms with Crippen LogP contribution in [0, 0.1) is 19.7 Å². The van der Waals surface area contributed by atoms with Crippen molar-refractivity contribution in [2.45, 2.75) is 26.9 Å². The molecule has 0 unspecified atom stereocenters. The number of hydrogen-bond donors (Lipinski definition) is 2. The molecule has 1 heterocycles. The largest absolute Gasteiger partial charge is 0.355 e. The fraction of sp³-hybridized carbons (Fsp3) is 0.375. The smallest absolute Gasteiger partial charge is 0.191 e. The van der Waals surface area contributed by atoms with Crippen molar-refractivity contribution in [2.24, 2.45) is 4.99 Å². The second-order valence-electron chi connectivity index (χ2n) is 5.22. The number of nitrogens with zero attached hydrogens (tertiary/aromatic N) is 3. The topological polar surface area (TPSA) is 54.2 Å². The number of guanidine groups is 1. The first kappa shape index (κ1) is 19.4. The van der Waals surface area contributed by atoms with E-state index in [0.29, 0.717) is 24.6 Å². The second kappa shape index (κ2) is 9.49. The molecule has 1 aromatic carbocycles. The Hall–Kier alpha value is -1.64. The summed E-state index contributed by atoms with van der Waals surface area (Å²) < 4.78 is 15.4. The van der Waals surface area contributed by atoms with Crippen LogP contribution in [0.1, 0.15) is 16.7 Å². The van der Waals surface area contributed by atoms with E-state index in [9.17, 15) is 4.39 Å². The van der Waals surface area contributed by atoms with Gasteiger partial charge in [-0.1, -0.05) is 12.1 Å². The summed E-state index contributed by atoms with van der Waals surface area (Å²) in [6.45, 7) is 5.76. The lowest BCUT2D eigenvalue weighted by atomic mass is 10.1. The monoisotopic (exact) mass is 431 g/mol. The minimum Gasteiger partial charge on any atom is -0.355 e. The Balaban J connectivity index is 0.00000264. The van der Waals surface area contributed by atoms with Gasteiger partial charge in [-0.3, -0.25) is 9.67 Å². The number of rotatable bonds is 5. The molecule has 0 bridgehead atoms. The summed E-state index contributed by atoms with van der Waals surface area (Å²) in [5, 5.41) is 10.6. The summed E-state index contributed by atoms with van der Waals surface area (Å²) >= 11 is 0. The fourth-order valence-corrected chi connectivity index (χ4v) is 2.03. The van der Waals surface area contributed by atoms with Crippen molar-refractivity contribution in [2.75, 3.05) is 13.6 Å². The maximum Gasteiger partial charge on any atom is 0.191 e. The van der Waals surface area contributed by atoms with E-state index in [1.165, 1.54) is 0 Å². The van der Waals surface area contributed by atoms with Crippen molar-refractivity contribution >= 4 is 29.9 Å². The Morgan fingerprint density at radius 1 is 1.30 bits per heavy atom. The van der Waals surface area contributed by atoms with Crippen LogP contribution in [0.2, 0.25) is 0 Å². The molecule has 0 radical (unpaired) electrons. The molecule has 0 saturated carbocycles. The molecule has 0 saturated heterocycles. The maximum atomic E-state index is 13.5. The molecule has 0 amide bonds. The zero-order valence-corrected chi connectivity index (χ0v) is 16.0. The molecule has 2 rings (SSSR count). The third kappa shape index (κ3) is 6.17. The Kier molecular flexibility index (Phi) is 8.01. The molecule has 2 N–H and O–H groups in total. The molecule has 0 spiro atoms. The van der Waals surface area contributed by atoms with E-state index in [-0.39, 0.29) is 29.8 Å². The van der Waals surface area contributed by atoms with Crippen molar-refractivity contribution in [3.05, 3.63) is 53.1 Å². The van der Waals surface area contributed by atoms with E-state index in [0.717, 1.165) is 17.7 Å². The van der Waals surface area contributed by atoms with E-state index in [1.54, 1.807) is 26.1 Å². The van der Waals surface area contributed by atoms with E-state index in [4.69, 9.17) is 0 Å². The van der Waals surface area contributed by atoms with Gasteiger partial charge in [0.15, 0.2) is 5.96 Å². The van der Waals surface area contributed by atoms with Gasteiger partial charge in [0.1, 0.15) is 5.82 Å². The van der Waals surface area contributed by atoms with Gasteiger partial charge in [0.25, 0.3) is 0 Å². The van der Waals surface area contributed by atoms with E-state index in [1.807, 2.05) is 30.1 Å². The van der Waals surface area contributed by atoms with Crippen LogP contribution >= 0.6 is 24.0 Å². The first-order valence-electron chi connectivity index (χ1n) is 7.27. The number of hydrogen-bond acceptors (Lipinski definition) is 2. The molecule has 23 heavy (non-hydrogen) atoms. The van der Waals surface area contributed by atoms with Crippen LogP contribution in [0.5, 0.6) is 0 Å². The van der Waals surface area contributed by atoms with E-state index < -0.39 is 0 Å². The molecular formula is C16H23FIN5. The van der Waals surface area contributed by atoms with Gasteiger partial charge in [-0.2, -0.15) is 5.10 Å². The van der Waals surface area contributed by atoms with Gasteiger partial charge < -0.3 is 10.6 Å². The highest BCUT2D eigenvalue weighted by atomic mass is 127. The highest BCUT2D eigenvalue weighted by Gasteiger charge is 2.02. The molecule has 5 nitrogen and oxygen atoms in total. The van der Waals surface area contributed by atoms with Crippen molar-refractivity contribution in [3.8, 4) is 0 Å². The van der Waals surface area contributed by atoms with E-state index in [2.05, 4.69) is 20.7 Å². The number of aromatic nitrogens is 2. The van der Waals surface area contributed by atoms with Crippen molar-refractivity contribution < 1.29 is 4.39 Å². The van der Waals surface area contributed by atoms with Gasteiger partial charge >= 0.3 is 0 Å². The quantitative estimate of drug-likeness (QED) is 0.435. The summed E-state index contributed by atoms with van der Waals surface area (Å²) in [5.74, 6) is 0.501. The first-order chi connectivity index (χ1) is 10.6. The van der Waals surface area contributed by atoms with Crippen LogP contribution in [0.15, 0.2) is 35.6 Å². The third-order valence-electron chi connectivity index (χ3n) is 3.32. The summed E-state index contributed by atoms with van der Waals surface area (Å²) in [5.41, 5.74) is 2.68. The van der Waals surface area contributed by atoms with Gasteiger partial charge in [-0.05, 0) is 36.6 Å². The van der Waals surface area contributed by atoms with Crippen LogP contribution in [0.3, 0.4) is 0 Å². The summed E-state index contributed by atoms with van der Waals surface area (Å²) in [4.78, 5) is 4.15. The van der Waals surface area contributed by atoms with Crippen LogP contribution < -0.4 is 10.6 Å². The first-order valence-corrected chi connectivity index (χ1v) is 7.27. The zero-order valence-electron chi connectivity index (χ0n) is 13.6. The van der Waals surface area contributed by atoms with Crippen LogP contribution in [-0.2, 0) is 13.1 Å². The Labute approximate surface area is 153 Å². The summed E-state index contributed by atoms with van der Waals surface area (Å²) in [7, 11) is 1.71. The van der Waals surface area contributed by atoms with Gasteiger partial charge in [-0.25, -0.2) is 4.39 Å². The fourth-order valence-electron chi connectivity index (χ4n) is 2.03. The number of halogens is 2. The lowest BCUT2D eigenvalue weighted by Gasteiger charge is -2.12. The normalized spacial score (nSPS) is 11.0. The van der Waals surface area contributed by atoms with Gasteiger partial charge in [0.2, 0.25) is 0 Å². The molecule has 0 atom stereocenters. The average molecular weight is 431 g/mol. The molecule has 0 aliphatic rings. The molecule has 0 aliphatic heterocycles. The number of benzene rings is 1. The minimum atomic E-state index is -0.184. The molecule has 2 aromatic rings.